The topological polar surface area (TPSA) is 37.3 Å². The summed E-state index contributed by atoms with van der Waals surface area (Å²) < 4.78 is 0. The Balaban J connectivity index is 5.08. The lowest BCUT2D eigenvalue weighted by Gasteiger charge is -2.26. The Morgan fingerprint density at radius 3 is 2.05 bits per heavy atom. The molecule has 0 aromatic carbocycles. The van der Waals surface area contributed by atoms with E-state index < -0.39 is 5.97 Å². The summed E-state index contributed by atoms with van der Waals surface area (Å²) in [5.41, 5.74) is 4.73. The molecule has 0 saturated heterocycles. The highest BCUT2D eigenvalue weighted by atomic mass is 16.4. The monoisotopic (exact) mass is 302 g/mol. The summed E-state index contributed by atoms with van der Waals surface area (Å²) in [6, 6.07) is 0. The average molecular weight is 302 g/mol. The van der Waals surface area contributed by atoms with Gasteiger partial charge in [-0.1, -0.05) is 62.3 Å². The van der Waals surface area contributed by atoms with Crippen molar-refractivity contribution in [1.82, 2.24) is 0 Å². The molecule has 0 fully saturated rings. The Bertz CT molecular complexity index is 534. The summed E-state index contributed by atoms with van der Waals surface area (Å²) in [4.78, 5) is 10.5. The van der Waals surface area contributed by atoms with Crippen LogP contribution in [0.1, 0.15) is 54.9 Å². The van der Waals surface area contributed by atoms with Crippen molar-refractivity contribution < 1.29 is 9.90 Å². The van der Waals surface area contributed by atoms with Crippen LogP contribution in [0.25, 0.3) is 0 Å². The molecule has 0 heterocycles. The third kappa shape index (κ3) is 7.82. The van der Waals surface area contributed by atoms with E-state index in [4.69, 9.17) is 5.11 Å². The molecule has 0 unspecified atom stereocenters. The molecule has 0 rings (SSSR count). The molecule has 0 aliphatic carbocycles. The highest BCUT2D eigenvalue weighted by Crippen LogP contribution is 2.33. The Hall–Kier alpha value is -1.83. The highest BCUT2D eigenvalue weighted by molar-refractivity contribution is 5.81. The van der Waals surface area contributed by atoms with Crippen molar-refractivity contribution in [3.8, 4) is 0 Å². The molecule has 0 spiro atoms. The van der Waals surface area contributed by atoms with Crippen LogP contribution in [0.3, 0.4) is 0 Å². The van der Waals surface area contributed by atoms with Crippen LogP contribution in [0.2, 0.25) is 0 Å². The van der Waals surface area contributed by atoms with Crippen LogP contribution in [-0.2, 0) is 4.79 Å². The maximum absolute atomic E-state index is 10.5. The fourth-order valence-corrected chi connectivity index (χ4v) is 2.12. The number of aliphatic carboxylic acids is 1. The quantitative estimate of drug-likeness (QED) is 0.473. The van der Waals surface area contributed by atoms with Gasteiger partial charge in [0.1, 0.15) is 0 Å². The van der Waals surface area contributed by atoms with Crippen LogP contribution in [0, 0.1) is 5.41 Å². The molecule has 122 valence electrons. The van der Waals surface area contributed by atoms with Crippen molar-refractivity contribution >= 4 is 5.97 Å². The van der Waals surface area contributed by atoms with Crippen LogP contribution in [0.4, 0.5) is 0 Å². The lowest BCUT2D eigenvalue weighted by atomic mass is 9.79. The number of hydrogen-bond donors (Lipinski definition) is 1. The number of rotatable bonds is 7. The normalized spacial score (nSPS) is 14.0. The molecule has 0 aliphatic heterocycles. The average Bonchev–Trinajstić information content (AvgIpc) is 2.37. The third-order valence-electron chi connectivity index (χ3n) is 3.73. The number of carboxylic acids is 1. The van der Waals surface area contributed by atoms with Crippen LogP contribution in [0.15, 0.2) is 58.7 Å². The molecule has 0 radical (unpaired) electrons. The van der Waals surface area contributed by atoms with Crippen LogP contribution in [0.5, 0.6) is 0 Å². The number of carbonyl (C=O) groups is 1. The van der Waals surface area contributed by atoms with Gasteiger partial charge in [0.25, 0.3) is 0 Å². The van der Waals surface area contributed by atoms with Gasteiger partial charge in [0.15, 0.2) is 0 Å². The molecule has 0 bridgehead atoms. The van der Waals surface area contributed by atoms with Gasteiger partial charge in [0, 0.05) is 6.08 Å². The van der Waals surface area contributed by atoms with Crippen molar-refractivity contribution in [3.05, 3.63) is 58.7 Å². The summed E-state index contributed by atoms with van der Waals surface area (Å²) in [6.45, 7) is 14.8. The van der Waals surface area contributed by atoms with E-state index >= 15 is 0 Å². The molecule has 22 heavy (non-hydrogen) atoms. The summed E-state index contributed by atoms with van der Waals surface area (Å²) in [5.74, 6) is -0.919. The molecule has 0 aliphatic rings. The number of allylic oxidation sites excluding steroid dienone is 9. The molecular formula is C20H30O2. The van der Waals surface area contributed by atoms with Gasteiger partial charge in [-0.05, 0) is 50.7 Å². The molecule has 0 atom stereocenters. The fourth-order valence-electron chi connectivity index (χ4n) is 2.12. The van der Waals surface area contributed by atoms with E-state index in [9.17, 15) is 4.79 Å². The number of carboxylic acid groups (broad SMARTS) is 1. The molecule has 0 saturated carbocycles. The minimum absolute atomic E-state index is 0.173. The first-order chi connectivity index (χ1) is 10.1. The van der Waals surface area contributed by atoms with E-state index in [0.29, 0.717) is 0 Å². The lowest BCUT2D eigenvalue weighted by Crippen LogP contribution is -2.13. The minimum atomic E-state index is -0.919. The molecule has 2 nitrogen and oxygen atoms in total. The Morgan fingerprint density at radius 2 is 1.59 bits per heavy atom. The molecule has 0 amide bonds. The van der Waals surface area contributed by atoms with Crippen LogP contribution < -0.4 is 0 Å². The van der Waals surface area contributed by atoms with E-state index in [2.05, 4.69) is 46.8 Å². The van der Waals surface area contributed by atoms with Gasteiger partial charge in [-0.15, -0.1) is 0 Å². The van der Waals surface area contributed by atoms with Crippen molar-refractivity contribution in [2.45, 2.75) is 54.9 Å². The smallest absolute Gasteiger partial charge is 0.328 e. The van der Waals surface area contributed by atoms with E-state index in [1.54, 1.807) is 13.0 Å². The third-order valence-corrected chi connectivity index (χ3v) is 3.73. The van der Waals surface area contributed by atoms with Crippen molar-refractivity contribution in [2.75, 3.05) is 0 Å². The Kier molecular flexibility index (Phi) is 8.47. The zero-order valence-corrected chi connectivity index (χ0v) is 15.0. The second-order valence-corrected chi connectivity index (χ2v) is 6.48. The molecule has 0 aromatic rings. The van der Waals surface area contributed by atoms with Crippen LogP contribution >= 0.6 is 0 Å². The van der Waals surface area contributed by atoms with E-state index in [1.807, 2.05) is 19.1 Å². The standard InChI is InChI=1S/C20H30O2/c1-8-20(6,7)18(15(2)3)13-12-16(4)10-9-11-17(5)14-19(21)22/h9-14H,8H2,1-7H3,(H,21,22)/b11-9?,13-12?,16-10?,17-14+. The maximum atomic E-state index is 10.5. The van der Waals surface area contributed by atoms with Gasteiger partial charge in [-0.25, -0.2) is 4.79 Å². The minimum Gasteiger partial charge on any atom is -0.478 e. The zero-order valence-electron chi connectivity index (χ0n) is 15.0. The highest BCUT2D eigenvalue weighted by Gasteiger charge is 2.19. The zero-order chi connectivity index (χ0) is 17.3. The predicted molar refractivity (Wildman–Crippen MR) is 95.9 cm³/mol. The van der Waals surface area contributed by atoms with Gasteiger partial charge in [0.05, 0.1) is 0 Å². The van der Waals surface area contributed by atoms with E-state index in [1.165, 1.54) is 17.2 Å². The first kappa shape index (κ1) is 20.2. The summed E-state index contributed by atoms with van der Waals surface area (Å²) in [7, 11) is 0. The van der Waals surface area contributed by atoms with Gasteiger partial charge in [-0.2, -0.15) is 0 Å². The van der Waals surface area contributed by atoms with E-state index in [0.717, 1.165) is 17.6 Å². The molecule has 1 N–H and O–H groups in total. The first-order valence-corrected chi connectivity index (χ1v) is 7.72. The van der Waals surface area contributed by atoms with Crippen molar-refractivity contribution in [2.24, 2.45) is 5.41 Å². The summed E-state index contributed by atoms with van der Waals surface area (Å²) in [5, 5.41) is 8.65. The Morgan fingerprint density at radius 1 is 1.00 bits per heavy atom. The summed E-state index contributed by atoms with van der Waals surface area (Å²) in [6.07, 6.45) is 12.3. The predicted octanol–water partition coefficient (Wildman–Crippen LogP) is 5.85. The first-order valence-electron chi connectivity index (χ1n) is 7.72. The van der Waals surface area contributed by atoms with Crippen LogP contribution in [-0.4, -0.2) is 11.1 Å². The van der Waals surface area contributed by atoms with Crippen molar-refractivity contribution in [3.63, 3.8) is 0 Å². The van der Waals surface area contributed by atoms with Gasteiger partial charge in [0.2, 0.25) is 0 Å². The SMILES string of the molecule is CCC(C)(C)C(C=CC(C)=CC=C/C(C)=C/C(=O)O)=C(C)C. The van der Waals surface area contributed by atoms with Gasteiger partial charge in [-0.3, -0.25) is 0 Å². The molecule has 0 aromatic heterocycles. The largest absolute Gasteiger partial charge is 0.478 e. The second kappa shape index (κ2) is 9.24. The maximum Gasteiger partial charge on any atom is 0.328 e. The van der Waals surface area contributed by atoms with Gasteiger partial charge >= 0.3 is 5.97 Å². The number of hydrogen-bond acceptors (Lipinski definition) is 1. The fraction of sp³-hybridized carbons (Fsp3) is 0.450. The molecule has 2 heteroatoms. The van der Waals surface area contributed by atoms with Gasteiger partial charge < -0.3 is 5.11 Å². The van der Waals surface area contributed by atoms with Crippen molar-refractivity contribution in [1.29, 1.82) is 0 Å². The summed E-state index contributed by atoms with van der Waals surface area (Å²) >= 11 is 0. The second-order valence-electron chi connectivity index (χ2n) is 6.48. The Labute approximate surface area is 135 Å². The molecular weight excluding hydrogens is 272 g/mol. The van der Waals surface area contributed by atoms with E-state index in [-0.39, 0.29) is 5.41 Å². The lowest BCUT2D eigenvalue weighted by molar-refractivity contribution is -0.131.